The van der Waals surface area contributed by atoms with E-state index >= 15 is 0 Å². The number of imidazole rings is 1. The van der Waals surface area contributed by atoms with Crippen LogP contribution in [0.4, 0.5) is 19.0 Å². The summed E-state index contributed by atoms with van der Waals surface area (Å²) in [6.45, 7) is 0. The van der Waals surface area contributed by atoms with Gasteiger partial charge in [-0.15, -0.1) is 0 Å². The molecule has 0 atom stereocenters. The number of carboxylic acids is 1. The molecule has 5 nitrogen and oxygen atoms in total. The number of hydrogen-bond donors (Lipinski definition) is 3. The van der Waals surface area contributed by atoms with Crippen LogP contribution in [-0.2, 0) is 6.18 Å². The van der Waals surface area contributed by atoms with Crippen molar-refractivity contribution < 1.29 is 23.1 Å². The van der Waals surface area contributed by atoms with Crippen LogP contribution in [0.15, 0.2) is 0 Å². The number of nitrogen functional groups attached to an aromatic ring is 1. The second-order valence-electron chi connectivity index (χ2n) is 2.15. The van der Waals surface area contributed by atoms with Crippen molar-refractivity contribution in [3.8, 4) is 0 Å². The van der Waals surface area contributed by atoms with E-state index in [-0.39, 0.29) is 0 Å². The normalized spacial score (nSPS) is 11.6. The molecule has 1 heterocycles. The minimum Gasteiger partial charge on any atom is -0.475 e. The van der Waals surface area contributed by atoms with Crippen LogP contribution in [-0.4, -0.2) is 21.0 Å². The molecule has 1 aromatic rings. The van der Waals surface area contributed by atoms with Gasteiger partial charge in [-0.05, 0) is 0 Å². The Labute approximate surface area is 69.4 Å². The van der Waals surface area contributed by atoms with E-state index in [2.05, 4.69) is 4.98 Å². The monoisotopic (exact) mass is 195 g/mol. The number of aromatic amines is 1. The predicted octanol–water partition coefficient (Wildman–Crippen LogP) is 0.709. The summed E-state index contributed by atoms with van der Waals surface area (Å²) in [5.41, 5.74) is 3.50. The summed E-state index contributed by atoms with van der Waals surface area (Å²) < 4.78 is 35.9. The first-order chi connectivity index (χ1) is 5.82. The summed E-state index contributed by atoms with van der Waals surface area (Å²) in [6.07, 6.45) is -4.72. The van der Waals surface area contributed by atoms with Gasteiger partial charge in [0.05, 0.1) is 0 Å². The molecule has 8 heteroatoms. The Morgan fingerprint density at radius 1 is 1.54 bits per heavy atom. The first-order valence-electron chi connectivity index (χ1n) is 2.98. The van der Waals surface area contributed by atoms with Crippen molar-refractivity contribution in [1.29, 1.82) is 0 Å². The smallest absolute Gasteiger partial charge is 0.434 e. The van der Waals surface area contributed by atoms with Crippen molar-refractivity contribution in [1.82, 2.24) is 9.97 Å². The van der Waals surface area contributed by atoms with E-state index in [0.717, 1.165) is 0 Å². The molecule has 0 bridgehead atoms. The fraction of sp³-hybridized carbons (Fsp3) is 0.200. The number of rotatable bonds is 1. The van der Waals surface area contributed by atoms with Gasteiger partial charge in [-0.2, -0.15) is 13.2 Å². The van der Waals surface area contributed by atoms with Crippen LogP contribution in [0.5, 0.6) is 0 Å². The second-order valence-corrected chi connectivity index (χ2v) is 2.15. The summed E-state index contributed by atoms with van der Waals surface area (Å²) in [6, 6.07) is 0. The highest BCUT2D eigenvalue weighted by molar-refractivity contribution is 5.84. The number of halogens is 3. The lowest BCUT2D eigenvalue weighted by Gasteiger charge is -2.02. The largest absolute Gasteiger partial charge is 0.475 e. The van der Waals surface area contributed by atoms with Crippen molar-refractivity contribution >= 4 is 11.8 Å². The maximum absolute atomic E-state index is 12.0. The minimum absolute atomic E-state index is 0.829. The average molecular weight is 195 g/mol. The number of carbonyl (C=O) groups is 1. The molecule has 0 saturated heterocycles. The van der Waals surface area contributed by atoms with Crippen molar-refractivity contribution in [3.63, 3.8) is 0 Å². The van der Waals surface area contributed by atoms with Crippen molar-refractivity contribution in [2.75, 3.05) is 5.73 Å². The molecule has 0 unspecified atom stereocenters. The number of carboxylic acid groups (broad SMARTS) is 1. The van der Waals surface area contributed by atoms with Crippen LogP contribution in [0.2, 0.25) is 0 Å². The maximum Gasteiger partial charge on any atom is 0.434 e. The molecule has 0 saturated carbocycles. The molecule has 0 aliphatic carbocycles. The van der Waals surface area contributed by atoms with Gasteiger partial charge in [0, 0.05) is 0 Å². The van der Waals surface area contributed by atoms with Crippen LogP contribution in [0, 0.1) is 0 Å². The standard InChI is InChI=1S/C5H4F3N3O2/c6-5(7,8)1-2(9)11-3(10-1)4(12)13/h9H2,(H,10,11)(H,12,13). The molecule has 1 rings (SSSR count). The number of alkyl halides is 3. The van der Waals surface area contributed by atoms with Crippen molar-refractivity contribution in [2.24, 2.45) is 0 Å². The highest BCUT2D eigenvalue weighted by atomic mass is 19.4. The van der Waals surface area contributed by atoms with E-state index in [4.69, 9.17) is 10.8 Å². The van der Waals surface area contributed by atoms with Gasteiger partial charge in [-0.25, -0.2) is 9.78 Å². The Morgan fingerprint density at radius 2 is 2.08 bits per heavy atom. The third-order valence-electron chi connectivity index (χ3n) is 1.22. The third-order valence-corrected chi connectivity index (χ3v) is 1.22. The van der Waals surface area contributed by atoms with E-state index in [1.165, 1.54) is 0 Å². The van der Waals surface area contributed by atoms with Crippen LogP contribution >= 0.6 is 0 Å². The summed E-state index contributed by atoms with van der Waals surface area (Å²) >= 11 is 0. The summed E-state index contributed by atoms with van der Waals surface area (Å²) in [5, 5.41) is 8.27. The molecular formula is C5H4F3N3O2. The van der Waals surface area contributed by atoms with E-state index in [1.54, 1.807) is 4.98 Å². The zero-order chi connectivity index (χ0) is 10.2. The minimum atomic E-state index is -4.72. The van der Waals surface area contributed by atoms with Gasteiger partial charge in [0.2, 0.25) is 5.82 Å². The zero-order valence-corrected chi connectivity index (χ0v) is 6.01. The summed E-state index contributed by atoms with van der Waals surface area (Å²) in [5.74, 6) is -3.29. The molecule has 0 aliphatic heterocycles. The molecule has 0 amide bonds. The molecule has 0 radical (unpaired) electrons. The van der Waals surface area contributed by atoms with Crippen molar-refractivity contribution in [3.05, 3.63) is 11.5 Å². The average Bonchev–Trinajstić information content (AvgIpc) is 2.29. The molecule has 0 fully saturated rings. The van der Waals surface area contributed by atoms with Crippen LogP contribution < -0.4 is 5.73 Å². The van der Waals surface area contributed by atoms with Crippen LogP contribution in [0.3, 0.4) is 0 Å². The van der Waals surface area contributed by atoms with E-state index < -0.39 is 29.5 Å². The molecular weight excluding hydrogens is 191 g/mol. The van der Waals surface area contributed by atoms with Crippen LogP contribution in [0.25, 0.3) is 0 Å². The van der Waals surface area contributed by atoms with E-state index in [1.807, 2.05) is 0 Å². The highest BCUT2D eigenvalue weighted by Gasteiger charge is 2.36. The number of aromatic carboxylic acids is 1. The Hall–Kier alpha value is -1.73. The Kier molecular flexibility index (Phi) is 1.90. The lowest BCUT2D eigenvalue weighted by Crippen LogP contribution is -2.09. The van der Waals surface area contributed by atoms with Gasteiger partial charge < -0.3 is 15.8 Å². The second kappa shape index (κ2) is 2.64. The fourth-order valence-electron chi connectivity index (χ4n) is 0.704. The third kappa shape index (κ3) is 1.71. The number of H-pyrrole nitrogens is 1. The van der Waals surface area contributed by atoms with Gasteiger partial charge in [-0.1, -0.05) is 0 Å². The summed E-state index contributed by atoms with van der Waals surface area (Å²) in [7, 11) is 0. The molecule has 4 N–H and O–H groups in total. The molecule has 1 aromatic heterocycles. The van der Waals surface area contributed by atoms with Gasteiger partial charge in [0.15, 0.2) is 11.5 Å². The van der Waals surface area contributed by atoms with Gasteiger partial charge in [0.1, 0.15) is 0 Å². The topological polar surface area (TPSA) is 92.0 Å². The Bertz CT molecular complexity index is 343. The first-order valence-corrected chi connectivity index (χ1v) is 2.98. The zero-order valence-electron chi connectivity index (χ0n) is 6.01. The lowest BCUT2D eigenvalue weighted by atomic mass is 10.4. The number of nitrogens with two attached hydrogens (primary N) is 1. The summed E-state index contributed by atoms with van der Waals surface area (Å²) in [4.78, 5) is 14.7. The van der Waals surface area contributed by atoms with E-state index in [9.17, 15) is 18.0 Å². The Morgan fingerprint density at radius 3 is 2.31 bits per heavy atom. The molecule has 72 valence electrons. The quantitative estimate of drug-likeness (QED) is 0.615. The lowest BCUT2D eigenvalue weighted by molar-refractivity contribution is -0.140. The number of aromatic nitrogens is 2. The number of nitrogens with one attached hydrogen (secondary N) is 1. The molecule has 0 aromatic carbocycles. The van der Waals surface area contributed by atoms with Gasteiger partial charge >= 0.3 is 12.1 Å². The SMILES string of the molecule is Nc1nc(C(=O)O)[nH]c1C(F)(F)F. The fourth-order valence-corrected chi connectivity index (χ4v) is 0.704. The number of anilines is 1. The predicted molar refractivity (Wildman–Crippen MR) is 35.0 cm³/mol. The van der Waals surface area contributed by atoms with Crippen molar-refractivity contribution in [2.45, 2.75) is 6.18 Å². The Balaban J connectivity index is 3.18. The molecule has 13 heavy (non-hydrogen) atoms. The van der Waals surface area contributed by atoms with E-state index in [0.29, 0.717) is 0 Å². The number of nitrogens with zero attached hydrogens (tertiary/aromatic N) is 1. The first kappa shape index (κ1) is 9.36. The number of hydrogen-bond acceptors (Lipinski definition) is 3. The molecule has 0 spiro atoms. The van der Waals surface area contributed by atoms with Crippen LogP contribution in [0.1, 0.15) is 16.3 Å². The highest BCUT2D eigenvalue weighted by Crippen LogP contribution is 2.31. The maximum atomic E-state index is 12.0. The van der Waals surface area contributed by atoms with Gasteiger partial charge in [-0.3, -0.25) is 0 Å². The van der Waals surface area contributed by atoms with Gasteiger partial charge in [0.25, 0.3) is 0 Å². The molecule has 0 aliphatic rings.